The van der Waals surface area contributed by atoms with E-state index in [9.17, 15) is 0 Å². The minimum absolute atomic E-state index is 0.767. The third-order valence-corrected chi connectivity index (χ3v) is 2.60. The summed E-state index contributed by atoms with van der Waals surface area (Å²) in [5.41, 5.74) is 6.57. The van der Waals surface area contributed by atoms with Crippen LogP contribution in [0.5, 0.6) is 0 Å². The molecule has 13 heavy (non-hydrogen) atoms. The molecule has 0 atom stereocenters. The lowest BCUT2D eigenvalue weighted by atomic mass is 10.3. The van der Waals surface area contributed by atoms with Gasteiger partial charge in [0, 0.05) is 18.3 Å². The maximum atomic E-state index is 5.37. The Morgan fingerprint density at radius 3 is 3.00 bits per heavy atom. The molecule has 0 aromatic carbocycles. The fraction of sp³-hybridized carbons (Fsp3) is 0.667. The molecule has 0 bridgehead atoms. The maximum Gasteiger partial charge on any atom is 0.0897 e. The van der Waals surface area contributed by atoms with Crippen LogP contribution in [0, 0.1) is 6.92 Å². The van der Waals surface area contributed by atoms with Crippen LogP contribution < -0.4 is 11.1 Å². The average molecular weight is 199 g/mol. The first kappa shape index (κ1) is 10.6. The summed E-state index contributed by atoms with van der Waals surface area (Å²) in [6.07, 6.45) is 2.07. The monoisotopic (exact) mass is 199 g/mol. The minimum Gasteiger partial charge on any atom is -0.330 e. The lowest BCUT2D eigenvalue weighted by Gasteiger charge is -2.00. The predicted octanol–water partition coefficient (Wildman–Crippen LogP) is 0.932. The van der Waals surface area contributed by atoms with Crippen molar-refractivity contribution in [3.05, 3.63) is 16.1 Å². The van der Waals surface area contributed by atoms with Crippen LogP contribution in [0.1, 0.15) is 17.1 Å². The molecule has 1 aromatic heterocycles. The molecule has 0 aliphatic rings. The molecule has 0 fully saturated rings. The number of hydrogen-bond acceptors (Lipinski definition) is 4. The molecule has 3 N–H and O–H groups in total. The summed E-state index contributed by atoms with van der Waals surface area (Å²) in [4.78, 5) is 4.38. The first-order chi connectivity index (χ1) is 6.33. The molecule has 74 valence electrons. The molecule has 0 aliphatic heterocycles. The van der Waals surface area contributed by atoms with E-state index < -0.39 is 0 Å². The molecule has 0 saturated carbocycles. The van der Waals surface area contributed by atoms with E-state index in [1.165, 1.54) is 5.69 Å². The molecular weight excluding hydrogens is 182 g/mol. The van der Waals surface area contributed by atoms with Gasteiger partial charge in [0.25, 0.3) is 0 Å². The second-order valence-corrected chi connectivity index (χ2v) is 4.06. The van der Waals surface area contributed by atoms with Gasteiger partial charge in [0.2, 0.25) is 0 Å². The molecule has 0 unspecified atom stereocenters. The van der Waals surface area contributed by atoms with Crippen LogP contribution in [0.2, 0.25) is 0 Å². The van der Waals surface area contributed by atoms with Crippen LogP contribution in [0.15, 0.2) is 5.38 Å². The number of rotatable bonds is 6. The zero-order valence-corrected chi connectivity index (χ0v) is 8.86. The molecule has 1 heterocycles. The van der Waals surface area contributed by atoms with Crippen LogP contribution in [0.3, 0.4) is 0 Å². The summed E-state index contributed by atoms with van der Waals surface area (Å²) in [6, 6.07) is 0. The molecule has 4 heteroatoms. The largest absolute Gasteiger partial charge is 0.330 e. The van der Waals surface area contributed by atoms with Crippen LogP contribution in [-0.4, -0.2) is 24.6 Å². The van der Waals surface area contributed by atoms with Gasteiger partial charge < -0.3 is 11.1 Å². The Labute approximate surface area is 83.4 Å². The van der Waals surface area contributed by atoms with Crippen molar-refractivity contribution < 1.29 is 0 Å². The Kier molecular flexibility index (Phi) is 4.97. The second kappa shape index (κ2) is 6.07. The van der Waals surface area contributed by atoms with Gasteiger partial charge in [-0.15, -0.1) is 11.3 Å². The van der Waals surface area contributed by atoms with Gasteiger partial charge >= 0.3 is 0 Å². The highest BCUT2D eigenvalue weighted by atomic mass is 32.1. The zero-order chi connectivity index (χ0) is 9.52. The van der Waals surface area contributed by atoms with E-state index in [0.29, 0.717) is 0 Å². The number of nitrogens with two attached hydrogens (primary N) is 1. The quantitative estimate of drug-likeness (QED) is 0.670. The Hall–Kier alpha value is -0.450. The van der Waals surface area contributed by atoms with Gasteiger partial charge in [0.1, 0.15) is 0 Å². The summed E-state index contributed by atoms with van der Waals surface area (Å²) in [5.74, 6) is 0. The van der Waals surface area contributed by atoms with Crippen molar-refractivity contribution in [1.29, 1.82) is 0 Å². The van der Waals surface area contributed by atoms with Crippen molar-refractivity contribution >= 4 is 11.3 Å². The van der Waals surface area contributed by atoms with Gasteiger partial charge in [-0.1, -0.05) is 0 Å². The Morgan fingerprint density at radius 1 is 1.54 bits per heavy atom. The minimum atomic E-state index is 0.767. The summed E-state index contributed by atoms with van der Waals surface area (Å²) in [7, 11) is 0. The maximum absolute atomic E-state index is 5.37. The van der Waals surface area contributed by atoms with E-state index in [1.807, 2.05) is 6.92 Å². The van der Waals surface area contributed by atoms with Crippen LogP contribution in [0.4, 0.5) is 0 Å². The van der Waals surface area contributed by atoms with Crippen LogP contribution in [-0.2, 0) is 6.42 Å². The molecule has 0 radical (unpaired) electrons. The van der Waals surface area contributed by atoms with E-state index in [4.69, 9.17) is 5.73 Å². The van der Waals surface area contributed by atoms with Crippen molar-refractivity contribution in [3.63, 3.8) is 0 Å². The van der Waals surface area contributed by atoms with Crippen LogP contribution >= 0.6 is 11.3 Å². The van der Waals surface area contributed by atoms with E-state index in [-0.39, 0.29) is 0 Å². The fourth-order valence-electron chi connectivity index (χ4n) is 1.09. The first-order valence-corrected chi connectivity index (χ1v) is 5.52. The normalized spacial score (nSPS) is 10.6. The van der Waals surface area contributed by atoms with Crippen LogP contribution in [0.25, 0.3) is 0 Å². The highest BCUT2D eigenvalue weighted by molar-refractivity contribution is 7.09. The van der Waals surface area contributed by atoms with Crippen molar-refractivity contribution in [2.24, 2.45) is 5.73 Å². The van der Waals surface area contributed by atoms with Gasteiger partial charge in [0.05, 0.1) is 10.7 Å². The fourth-order valence-corrected chi connectivity index (χ4v) is 1.74. The summed E-state index contributed by atoms with van der Waals surface area (Å²) >= 11 is 1.71. The van der Waals surface area contributed by atoms with Gasteiger partial charge in [-0.2, -0.15) is 0 Å². The van der Waals surface area contributed by atoms with E-state index in [1.54, 1.807) is 11.3 Å². The summed E-state index contributed by atoms with van der Waals surface area (Å²) < 4.78 is 0. The molecule has 0 amide bonds. The topological polar surface area (TPSA) is 50.9 Å². The molecule has 3 nitrogen and oxygen atoms in total. The van der Waals surface area contributed by atoms with Crippen molar-refractivity contribution in [2.75, 3.05) is 19.6 Å². The lowest BCUT2D eigenvalue weighted by molar-refractivity contribution is 0.649. The number of nitrogens with zero attached hydrogens (tertiary/aromatic N) is 1. The molecular formula is C9H17N3S. The third kappa shape index (κ3) is 4.36. The van der Waals surface area contributed by atoms with Crippen molar-refractivity contribution in [1.82, 2.24) is 10.3 Å². The van der Waals surface area contributed by atoms with Gasteiger partial charge in [0.15, 0.2) is 0 Å². The van der Waals surface area contributed by atoms with E-state index in [0.717, 1.165) is 37.5 Å². The highest BCUT2D eigenvalue weighted by Gasteiger charge is 1.96. The first-order valence-electron chi connectivity index (χ1n) is 4.64. The molecule has 0 spiro atoms. The third-order valence-electron chi connectivity index (χ3n) is 1.78. The summed E-state index contributed by atoms with van der Waals surface area (Å²) in [6.45, 7) is 4.82. The lowest BCUT2D eigenvalue weighted by Crippen LogP contribution is -2.20. The highest BCUT2D eigenvalue weighted by Crippen LogP contribution is 2.07. The Bertz CT molecular complexity index is 235. The SMILES string of the molecule is Cc1nc(CCNCCCN)cs1. The summed E-state index contributed by atoms with van der Waals surface area (Å²) in [5, 5.41) is 6.60. The van der Waals surface area contributed by atoms with Crippen molar-refractivity contribution in [3.8, 4) is 0 Å². The van der Waals surface area contributed by atoms with Crippen molar-refractivity contribution in [2.45, 2.75) is 19.8 Å². The smallest absolute Gasteiger partial charge is 0.0897 e. The number of aromatic nitrogens is 1. The standard InChI is InChI=1S/C9H17N3S/c1-8-12-9(7-13-8)3-6-11-5-2-4-10/h7,11H,2-6,10H2,1H3. The number of thiazole rings is 1. The Morgan fingerprint density at radius 2 is 2.38 bits per heavy atom. The molecule has 1 rings (SSSR count). The molecule has 0 aliphatic carbocycles. The average Bonchev–Trinajstić information content (AvgIpc) is 2.51. The predicted molar refractivity (Wildman–Crippen MR) is 57.1 cm³/mol. The van der Waals surface area contributed by atoms with Gasteiger partial charge in [-0.05, 0) is 26.4 Å². The van der Waals surface area contributed by atoms with Gasteiger partial charge in [-0.3, -0.25) is 0 Å². The molecule has 0 saturated heterocycles. The molecule has 1 aromatic rings. The van der Waals surface area contributed by atoms with E-state index in [2.05, 4.69) is 15.7 Å². The van der Waals surface area contributed by atoms with E-state index >= 15 is 0 Å². The zero-order valence-electron chi connectivity index (χ0n) is 8.05. The number of hydrogen-bond donors (Lipinski definition) is 2. The number of nitrogens with one attached hydrogen (secondary N) is 1. The second-order valence-electron chi connectivity index (χ2n) is 3.00. The number of aryl methyl sites for hydroxylation is 1. The Balaban J connectivity index is 2.06. The van der Waals surface area contributed by atoms with Gasteiger partial charge in [-0.25, -0.2) is 4.98 Å².